The number of rotatable bonds is 13. The lowest BCUT2D eigenvalue weighted by Gasteiger charge is -2.25. The van der Waals surface area contributed by atoms with Crippen LogP contribution in [0.15, 0.2) is 84.9 Å². The summed E-state index contributed by atoms with van der Waals surface area (Å²) in [6.45, 7) is 2.58. The molecule has 4 aromatic rings. The third-order valence-electron chi connectivity index (χ3n) is 7.06. The van der Waals surface area contributed by atoms with Gasteiger partial charge >= 0.3 is 0 Å². The van der Waals surface area contributed by atoms with E-state index in [9.17, 15) is 32.3 Å². The fourth-order valence-corrected chi connectivity index (χ4v) is 4.84. The second-order valence-electron chi connectivity index (χ2n) is 10.4. The normalized spacial score (nSPS) is 12.4. The number of benzene rings is 4. The average Bonchev–Trinajstić information content (AvgIpc) is 2.98. The molecule has 2 atom stereocenters. The summed E-state index contributed by atoms with van der Waals surface area (Å²) in [5, 5.41) is 19.4. The van der Waals surface area contributed by atoms with E-state index in [0.717, 1.165) is 42.3 Å². The molecule has 0 saturated heterocycles. The van der Waals surface area contributed by atoms with Crippen molar-refractivity contribution in [1.29, 1.82) is 0 Å². The van der Waals surface area contributed by atoms with Crippen molar-refractivity contribution in [3.05, 3.63) is 136 Å². The van der Waals surface area contributed by atoms with Crippen LogP contribution in [0.2, 0.25) is 0 Å². The first-order valence-electron chi connectivity index (χ1n) is 14.2. The zero-order valence-corrected chi connectivity index (χ0v) is 24.0. The first-order chi connectivity index (χ1) is 21.1. The molecule has 2 amide bonds. The van der Waals surface area contributed by atoms with Crippen LogP contribution in [0.3, 0.4) is 0 Å². The number of carbonyl (C=O) groups excluding carboxylic acids is 2. The van der Waals surface area contributed by atoms with Gasteiger partial charge in [0.05, 0.1) is 24.3 Å². The molecule has 230 valence electrons. The fourth-order valence-electron chi connectivity index (χ4n) is 4.84. The molecule has 4 N–H and O–H groups in total. The zero-order valence-electron chi connectivity index (χ0n) is 24.0. The quantitative estimate of drug-likeness (QED) is 0.152. The monoisotopic (exact) mass is 607 g/mol. The Morgan fingerprint density at radius 3 is 2.25 bits per heavy atom. The van der Waals surface area contributed by atoms with Crippen molar-refractivity contribution >= 4 is 17.5 Å². The molecule has 0 aliphatic carbocycles. The summed E-state index contributed by atoms with van der Waals surface area (Å²) in [5.74, 6) is -4.59. The number of aliphatic hydroxyl groups excluding tert-OH is 1. The lowest BCUT2D eigenvalue weighted by molar-refractivity contribution is -0.122. The van der Waals surface area contributed by atoms with E-state index < -0.39 is 47.2 Å². The van der Waals surface area contributed by atoms with Crippen molar-refractivity contribution in [3.63, 3.8) is 0 Å². The van der Waals surface area contributed by atoms with Gasteiger partial charge in [-0.2, -0.15) is 0 Å². The molecular formula is C34H33F4N3O3. The molecule has 10 heteroatoms. The Balaban J connectivity index is 1.46. The number of nitrogens with one attached hydrogen (secondary N) is 3. The van der Waals surface area contributed by atoms with Gasteiger partial charge in [0.2, 0.25) is 5.91 Å². The molecule has 0 saturated carbocycles. The van der Waals surface area contributed by atoms with Crippen molar-refractivity contribution in [3.8, 4) is 0 Å². The van der Waals surface area contributed by atoms with Crippen molar-refractivity contribution in [1.82, 2.24) is 10.6 Å². The van der Waals surface area contributed by atoms with Gasteiger partial charge in [-0.25, -0.2) is 17.6 Å². The number of carbonyl (C=O) groups is 2. The highest BCUT2D eigenvalue weighted by Gasteiger charge is 2.24. The number of hydrogen-bond acceptors (Lipinski definition) is 4. The van der Waals surface area contributed by atoms with E-state index in [1.807, 2.05) is 24.3 Å². The van der Waals surface area contributed by atoms with Crippen LogP contribution in [0.25, 0.3) is 0 Å². The van der Waals surface area contributed by atoms with Crippen LogP contribution in [-0.4, -0.2) is 35.6 Å². The molecule has 0 heterocycles. The SMILES string of the molecule is CCc1cccc(CNC[C@H](O)[C@H](Cc2cc(F)cc(F)c2)NC(=O)Cc2ccccc2C(=O)Nc2ccc(F)cc2F)c1. The molecule has 0 unspecified atom stereocenters. The summed E-state index contributed by atoms with van der Waals surface area (Å²) in [6.07, 6.45) is -0.615. The van der Waals surface area contributed by atoms with E-state index in [0.29, 0.717) is 18.2 Å². The van der Waals surface area contributed by atoms with E-state index in [1.165, 1.54) is 11.6 Å². The van der Waals surface area contributed by atoms with Gasteiger partial charge in [0, 0.05) is 30.8 Å². The minimum atomic E-state index is -1.14. The standard InChI is InChI=1S/C34H33F4N3O3/c1-2-21-6-5-7-22(12-21)19-39-20-32(42)31(15-23-13-26(36)17-27(37)14-23)40-33(43)16-24-8-3-4-9-28(24)34(44)41-30-11-10-25(35)18-29(30)38/h3-14,17-18,31-32,39,42H,2,15-16,19-20H2,1H3,(H,40,43)(H,41,44)/t31-,32-/m0/s1. The minimum absolute atomic E-state index is 0.0689. The first-order valence-corrected chi connectivity index (χ1v) is 14.2. The van der Waals surface area contributed by atoms with E-state index in [-0.39, 0.29) is 36.2 Å². The topological polar surface area (TPSA) is 90.5 Å². The van der Waals surface area contributed by atoms with Crippen molar-refractivity contribution in [2.75, 3.05) is 11.9 Å². The summed E-state index contributed by atoms with van der Waals surface area (Å²) >= 11 is 0. The van der Waals surface area contributed by atoms with E-state index in [2.05, 4.69) is 22.9 Å². The predicted molar refractivity (Wildman–Crippen MR) is 160 cm³/mol. The lowest BCUT2D eigenvalue weighted by atomic mass is 9.99. The molecule has 0 aliphatic heterocycles. The molecule has 6 nitrogen and oxygen atoms in total. The average molecular weight is 608 g/mol. The van der Waals surface area contributed by atoms with Gasteiger partial charge in [0.1, 0.15) is 23.3 Å². The van der Waals surface area contributed by atoms with E-state index in [4.69, 9.17) is 0 Å². The van der Waals surface area contributed by atoms with Gasteiger partial charge in [-0.15, -0.1) is 0 Å². The van der Waals surface area contributed by atoms with Gasteiger partial charge in [-0.05, 0) is 65.4 Å². The summed E-state index contributed by atoms with van der Waals surface area (Å²) in [5.41, 5.74) is 2.59. The summed E-state index contributed by atoms with van der Waals surface area (Å²) in [4.78, 5) is 26.2. The molecule has 0 aromatic heterocycles. The molecule has 0 bridgehead atoms. The Kier molecular flexibility index (Phi) is 11.2. The second kappa shape index (κ2) is 15.3. The summed E-state index contributed by atoms with van der Waals surface area (Å²) in [7, 11) is 0. The third-order valence-corrected chi connectivity index (χ3v) is 7.06. The number of aryl methyl sites for hydroxylation is 1. The Hall–Kier alpha value is -4.54. The molecule has 0 spiro atoms. The van der Waals surface area contributed by atoms with Crippen LogP contribution in [0, 0.1) is 23.3 Å². The minimum Gasteiger partial charge on any atom is -0.390 e. The van der Waals surface area contributed by atoms with Crippen LogP contribution in [-0.2, 0) is 30.6 Å². The number of amides is 2. The van der Waals surface area contributed by atoms with Crippen molar-refractivity contribution in [2.45, 2.75) is 44.9 Å². The molecule has 4 rings (SSSR count). The molecule has 0 aliphatic rings. The van der Waals surface area contributed by atoms with E-state index >= 15 is 0 Å². The van der Waals surface area contributed by atoms with Gasteiger partial charge in [-0.3, -0.25) is 9.59 Å². The lowest BCUT2D eigenvalue weighted by Crippen LogP contribution is -2.49. The molecule has 44 heavy (non-hydrogen) atoms. The van der Waals surface area contributed by atoms with Crippen molar-refractivity contribution < 1.29 is 32.3 Å². The van der Waals surface area contributed by atoms with Crippen LogP contribution in [0.1, 0.15) is 39.5 Å². The Labute approximate surface area is 253 Å². The fraction of sp³-hybridized carbons (Fsp3) is 0.235. The van der Waals surface area contributed by atoms with Crippen molar-refractivity contribution in [2.24, 2.45) is 0 Å². The maximum absolute atomic E-state index is 14.1. The van der Waals surface area contributed by atoms with Gasteiger partial charge < -0.3 is 21.1 Å². The predicted octanol–water partition coefficient (Wildman–Crippen LogP) is 5.48. The second-order valence-corrected chi connectivity index (χ2v) is 10.4. The first kappa shape index (κ1) is 32.4. The maximum atomic E-state index is 14.1. The maximum Gasteiger partial charge on any atom is 0.256 e. The Bertz CT molecular complexity index is 1590. The molecule has 0 fully saturated rings. The number of aliphatic hydroxyl groups is 1. The number of halogens is 4. The number of hydrogen-bond donors (Lipinski definition) is 4. The zero-order chi connectivity index (χ0) is 31.6. The summed E-state index contributed by atoms with van der Waals surface area (Å²) in [6, 6.07) is 19.0. The Morgan fingerprint density at radius 2 is 1.52 bits per heavy atom. The summed E-state index contributed by atoms with van der Waals surface area (Å²) < 4.78 is 55.2. The number of anilines is 1. The highest BCUT2D eigenvalue weighted by Crippen LogP contribution is 2.19. The highest BCUT2D eigenvalue weighted by molar-refractivity contribution is 6.06. The Morgan fingerprint density at radius 1 is 0.795 bits per heavy atom. The van der Waals surface area contributed by atoms with E-state index in [1.54, 1.807) is 18.2 Å². The van der Waals surface area contributed by atoms with Gasteiger partial charge in [0.25, 0.3) is 5.91 Å². The molecular weight excluding hydrogens is 574 g/mol. The van der Waals surface area contributed by atoms with Gasteiger partial charge in [0.15, 0.2) is 0 Å². The molecule has 0 radical (unpaired) electrons. The third kappa shape index (κ3) is 9.23. The van der Waals surface area contributed by atoms with Crippen LogP contribution >= 0.6 is 0 Å². The van der Waals surface area contributed by atoms with Crippen LogP contribution < -0.4 is 16.0 Å². The van der Waals surface area contributed by atoms with Crippen LogP contribution in [0.4, 0.5) is 23.2 Å². The van der Waals surface area contributed by atoms with Crippen LogP contribution in [0.5, 0.6) is 0 Å². The molecule has 4 aromatic carbocycles. The van der Waals surface area contributed by atoms with Gasteiger partial charge in [-0.1, -0.05) is 49.4 Å². The highest BCUT2D eigenvalue weighted by atomic mass is 19.1. The largest absolute Gasteiger partial charge is 0.390 e. The smallest absolute Gasteiger partial charge is 0.256 e.